The molecule has 0 fully saturated rings. The van der Waals surface area contributed by atoms with E-state index in [0.717, 1.165) is 11.1 Å². The highest BCUT2D eigenvalue weighted by Crippen LogP contribution is 2.30. The number of rotatable bonds is 13. The third-order valence-electron chi connectivity index (χ3n) is 11.4. The maximum absolute atomic E-state index is 14.0. The van der Waals surface area contributed by atoms with Crippen LogP contribution in [0.4, 0.5) is 16.2 Å². The van der Waals surface area contributed by atoms with Crippen molar-refractivity contribution in [3.8, 4) is 0 Å². The lowest BCUT2D eigenvalue weighted by Gasteiger charge is -2.26. The Balaban J connectivity index is 0.000000218. The van der Waals surface area contributed by atoms with Crippen molar-refractivity contribution < 1.29 is 38.3 Å². The molecular formula is C57H56N8O8. The summed E-state index contributed by atoms with van der Waals surface area (Å²) in [6.07, 6.45) is -3.35. The molecular weight excluding hydrogens is 925 g/mol. The van der Waals surface area contributed by atoms with Crippen LogP contribution >= 0.6 is 0 Å². The summed E-state index contributed by atoms with van der Waals surface area (Å²) in [5.41, 5.74) is 10.8. The zero-order valence-electron chi connectivity index (χ0n) is 41.0. The molecule has 6 aromatic rings. The van der Waals surface area contributed by atoms with Gasteiger partial charge in [-0.25, -0.2) is 14.8 Å². The third kappa shape index (κ3) is 13.1. The molecule has 0 aromatic heterocycles. The Kier molecular flexibility index (Phi) is 16.6. The van der Waals surface area contributed by atoms with Crippen LogP contribution in [0.3, 0.4) is 0 Å². The number of nitrogens with two attached hydrogens (primary N) is 1. The Morgan fingerprint density at radius 2 is 0.904 bits per heavy atom. The summed E-state index contributed by atoms with van der Waals surface area (Å²) in [5.74, 6) is -2.73. The molecule has 2 aliphatic heterocycles. The van der Waals surface area contributed by atoms with Crippen LogP contribution < -0.4 is 31.5 Å². The van der Waals surface area contributed by atoms with E-state index < -0.39 is 59.7 Å². The van der Waals surface area contributed by atoms with Gasteiger partial charge in [-0.05, 0) is 46.8 Å². The first-order valence-corrected chi connectivity index (χ1v) is 23.6. The van der Waals surface area contributed by atoms with E-state index in [1.807, 2.05) is 91.0 Å². The number of carbonyl (C=O) groups is 7. The van der Waals surface area contributed by atoms with Crippen molar-refractivity contribution >= 4 is 64.1 Å². The number of alkyl carbamates (subject to hydrolysis) is 1. The maximum atomic E-state index is 14.0. The van der Waals surface area contributed by atoms with E-state index >= 15 is 0 Å². The molecule has 0 saturated carbocycles. The average Bonchev–Trinajstić information content (AvgIpc) is 3.57. The Morgan fingerprint density at radius 1 is 0.548 bits per heavy atom. The average molecular weight is 981 g/mol. The molecule has 0 spiro atoms. The molecule has 0 saturated heterocycles. The van der Waals surface area contributed by atoms with Gasteiger partial charge in [-0.2, -0.15) is 0 Å². The number of para-hydroxylation sites is 2. The summed E-state index contributed by atoms with van der Waals surface area (Å²) in [7, 11) is 0. The van der Waals surface area contributed by atoms with Crippen molar-refractivity contribution in [3.63, 3.8) is 0 Å². The summed E-state index contributed by atoms with van der Waals surface area (Å²) in [6.45, 7) is 7.70. The molecule has 372 valence electrons. The second-order valence-corrected chi connectivity index (χ2v) is 18.1. The second-order valence-electron chi connectivity index (χ2n) is 18.1. The smallest absolute Gasteiger partial charge is 0.408 e. The van der Waals surface area contributed by atoms with E-state index in [9.17, 15) is 33.6 Å². The van der Waals surface area contributed by atoms with Crippen LogP contribution in [0.2, 0.25) is 0 Å². The highest BCUT2D eigenvalue weighted by Gasteiger charge is 2.37. The van der Waals surface area contributed by atoms with E-state index in [0.29, 0.717) is 45.1 Å². The van der Waals surface area contributed by atoms with Gasteiger partial charge in [-0.15, -0.1) is 0 Å². The molecule has 0 bridgehead atoms. The Labute approximate surface area is 423 Å². The van der Waals surface area contributed by atoms with Gasteiger partial charge < -0.3 is 36.2 Å². The number of anilines is 2. The van der Waals surface area contributed by atoms with Crippen molar-refractivity contribution in [3.05, 3.63) is 203 Å². The fourth-order valence-corrected chi connectivity index (χ4v) is 7.82. The van der Waals surface area contributed by atoms with Crippen LogP contribution in [-0.2, 0) is 23.9 Å². The SMILES string of the molecule is C[C@H](N)C(=O)NC1N=C(c2ccccc2)c2ccccc2N(CC(=O)c2ccccc2)C1=O.C[C@H](NC(=O)OC(C)(C)C)C(=O)NC1N=C(c2ccccc2)c2ccccc2N(CC(=O)c2ccccc2)C1=O. The van der Waals surface area contributed by atoms with E-state index in [2.05, 4.69) is 20.9 Å². The zero-order valence-corrected chi connectivity index (χ0v) is 41.0. The van der Waals surface area contributed by atoms with Crippen LogP contribution in [0.5, 0.6) is 0 Å². The van der Waals surface area contributed by atoms with Crippen LogP contribution in [-0.4, -0.2) is 95.8 Å². The molecule has 5 N–H and O–H groups in total. The first-order chi connectivity index (χ1) is 35.0. The number of hydrogen-bond acceptors (Lipinski definition) is 11. The Morgan fingerprint density at radius 3 is 1.29 bits per heavy atom. The zero-order chi connectivity index (χ0) is 52.2. The predicted octanol–water partition coefficient (Wildman–Crippen LogP) is 6.65. The summed E-state index contributed by atoms with van der Waals surface area (Å²) in [6, 6.07) is 48.8. The minimum Gasteiger partial charge on any atom is -0.444 e. The van der Waals surface area contributed by atoms with E-state index in [1.54, 1.807) is 99.6 Å². The number of carbonyl (C=O) groups excluding carboxylic acids is 7. The molecule has 4 atom stereocenters. The van der Waals surface area contributed by atoms with E-state index in [1.165, 1.54) is 23.6 Å². The second kappa shape index (κ2) is 23.3. The van der Waals surface area contributed by atoms with Crippen molar-refractivity contribution in [1.82, 2.24) is 16.0 Å². The lowest BCUT2D eigenvalue weighted by molar-refractivity contribution is -0.128. The molecule has 6 aromatic carbocycles. The number of benzene rings is 6. The fraction of sp³-hybridized carbons (Fsp3) is 0.211. The molecule has 16 heteroatoms. The number of ether oxygens (including phenoxy) is 1. The minimum absolute atomic E-state index is 0.192. The molecule has 2 unspecified atom stereocenters. The number of nitrogens with one attached hydrogen (secondary N) is 3. The fourth-order valence-electron chi connectivity index (χ4n) is 7.82. The van der Waals surface area contributed by atoms with Gasteiger partial charge in [0.2, 0.25) is 24.1 Å². The lowest BCUT2D eigenvalue weighted by atomic mass is 10.00. The number of fused-ring (bicyclic) bond motifs is 2. The van der Waals surface area contributed by atoms with E-state index in [4.69, 9.17) is 15.5 Å². The van der Waals surface area contributed by atoms with Crippen molar-refractivity contribution in [1.29, 1.82) is 0 Å². The minimum atomic E-state index is -1.36. The topological polar surface area (TPSA) is 222 Å². The Bertz CT molecular complexity index is 3050. The number of ketones is 2. The standard InChI is InChI=1S/C31H32N4O5.C26H24N4O3/c1-20(32-30(39)40-31(2,3)4)28(37)34-27-29(38)35(19-25(36)21-13-7-5-8-14-21)24-18-12-11-17-23(24)26(33-27)22-15-9-6-10-16-22;1-17(27)25(32)29-24-26(33)30(16-22(31)18-10-4-2-5-11-18)21-15-9-8-14-20(21)23(28-24)19-12-6-3-7-13-19/h5-18,20,27H,19H2,1-4H3,(H,32,39)(H,34,37);2-15,17,24H,16,27H2,1H3,(H,29,32)/t20-,27?;17-,24?/m00/s1. The van der Waals surface area contributed by atoms with Gasteiger partial charge in [0.15, 0.2) is 11.6 Å². The maximum Gasteiger partial charge on any atom is 0.408 e. The molecule has 16 nitrogen and oxygen atoms in total. The number of benzodiazepines with no additional fused rings is 2. The van der Waals surface area contributed by atoms with Gasteiger partial charge in [0.25, 0.3) is 11.8 Å². The van der Waals surface area contributed by atoms with Crippen molar-refractivity contribution in [2.75, 3.05) is 22.9 Å². The van der Waals surface area contributed by atoms with Gasteiger partial charge in [-0.1, -0.05) is 158 Å². The first kappa shape index (κ1) is 51.9. The van der Waals surface area contributed by atoms with Crippen LogP contribution in [0.1, 0.15) is 77.6 Å². The largest absolute Gasteiger partial charge is 0.444 e. The molecule has 5 amide bonds. The molecule has 2 aliphatic rings. The number of amides is 5. The van der Waals surface area contributed by atoms with Gasteiger partial charge in [0.05, 0.1) is 41.9 Å². The molecule has 0 radical (unpaired) electrons. The van der Waals surface area contributed by atoms with Gasteiger partial charge in [0, 0.05) is 33.4 Å². The number of Topliss-reactive ketones (excluding diaryl/α,β-unsaturated/α-hetero) is 2. The summed E-state index contributed by atoms with van der Waals surface area (Å²) in [4.78, 5) is 104. The van der Waals surface area contributed by atoms with Gasteiger partial charge >= 0.3 is 6.09 Å². The third-order valence-corrected chi connectivity index (χ3v) is 11.4. The van der Waals surface area contributed by atoms with Crippen molar-refractivity contribution in [2.24, 2.45) is 15.7 Å². The van der Waals surface area contributed by atoms with Crippen LogP contribution in [0, 0.1) is 0 Å². The van der Waals surface area contributed by atoms with Crippen LogP contribution in [0.15, 0.2) is 180 Å². The van der Waals surface area contributed by atoms with E-state index in [-0.39, 0.29) is 24.7 Å². The molecule has 0 aliphatic carbocycles. The quantitative estimate of drug-likeness (QED) is 0.0909. The molecule has 2 heterocycles. The summed E-state index contributed by atoms with van der Waals surface area (Å²) in [5, 5.41) is 7.77. The summed E-state index contributed by atoms with van der Waals surface area (Å²) >= 11 is 0. The Hall–Kier alpha value is -8.89. The molecule has 8 rings (SSSR count). The molecule has 73 heavy (non-hydrogen) atoms. The lowest BCUT2D eigenvalue weighted by Crippen LogP contribution is -2.53. The monoisotopic (exact) mass is 980 g/mol. The first-order valence-electron chi connectivity index (χ1n) is 23.6. The van der Waals surface area contributed by atoms with Gasteiger partial charge in [-0.3, -0.25) is 28.8 Å². The van der Waals surface area contributed by atoms with Crippen LogP contribution in [0.25, 0.3) is 0 Å². The number of nitrogens with zero attached hydrogens (tertiary/aromatic N) is 4. The number of aliphatic imine (C=N–C) groups is 2. The highest BCUT2D eigenvalue weighted by atomic mass is 16.6. The summed E-state index contributed by atoms with van der Waals surface area (Å²) < 4.78 is 5.24. The number of hydrogen-bond donors (Lipinski definition) is 4. The van der Waals surface area contributed by atoms with Gasteiger partial charge in [0.1, 0.15) is 11.6 Å². The van der Waals surface area contributed by atoms with Crippen molar-refractivity contribution in [2.45, 2.75) is 64.6 Å². The predicted molar refractivity (Wildman–Crippen MR) is 280 cm³/mol. The highest BCUT2D eigenvalue weighted by molar-refractivity contribution is 6.22. The normalized spacial score (nSPS) is 16.0.